The highest BCUT2D eigenvalue weighted by molar-refractivity contribution is 5.69. The van der Waals surface area contributed by atoms with Crippen LogP contribution in [-0.2, 0) is 0 Å². The number of methoxy groups -OCH3 is 2. The van der Waals surface area contributed by atoms with Crippen molar-refractivity contribution in [3.8, 4) is 11.6 Å². The summed E-state index contributed by atoms with van der Waals surface area (Å²) in [5, 5.41) is 2.93. The predicted octanol–water partition coefficient (Wildman–Crippen LogP) is 2.56. The minimum absolute atomic E-state index is 0.178. The molecule has 0 bridgehead atoms. The highest BCUT2D eigenvalue weighted by Crippen LogP contribution is 2.26. The third-order valence-electron chi connectivity index (χ3n) is 2.52. The van der Waals surface area contributed by atoms with Crippen LogP contribution in [0.4, 0.5) is 21.6 Å². The average molecular weight is 263 g/mol. The van der Waals surface area contributed by atoms with Gasteiger partial charge in [0.1, 0.15) is 0 Å². The zero-order valence-electron chi connectivity index (χ0n) is 10.6. The van der Waals surface area contributed by atoms with Crippen molar-refractivity contribution in [2.75, 3.05) is 25.3 Å². The lowest BCUT2D eigenvalue weighted by molar-refractivity contribution is 0.386. The summed E-state index contributed by atoms with van der Waals surface area (Å²) in [5.41, 5.74) is 6.75. The van der Waals surface area contributed by atoms with Gasteiger partial charge in [-0.15, -0.1) is 0 Å². The van der Waals surface area contributed by atoms with Crippen LogP contribution in [0.3, 0.4) is 0 Å². The first-order chi connectivity index (χ1) is 9.13. The van der Waals surface area contributed by atoms with Gasteiger partial charge in [0.15, 0.2) is 17.4 Å². The number of anilines is 3. The van der Waals surface area contributed by atoms with E-state index >= 15 is 0 Å². The number of halogens is 1. The highest BCUT2D eigenvalue weighted by atomic mass is 19.1. The second-order valence-electron chi connectivity index (χ2n) is 3.77. The Labute approximate surface area is 110 Å². The van der Waals surface area contributed by atoms with Gasteiger partial charge < -0.3 is 20.5 Å². The SMILES string of the molecule is COc1ccc(N)c(Nc2ccc(OC)c(F)c2)n1. The van der Waals surface area contributed by atoms with Crippen molar-refractivity contribution in [3.05, 3.63) is 36.1 Å². The Bertz CT molecular complexity index is 590. The van der Waals surface area contributed by atoms with Crippen LogP contribution in [-0.4, -0.2) is 19.2 Å². The summed E-state index contributed by atoms with van der Waals surface area (Å²) < 4.78 is 23.4. The van der Waals surface area contributed by atoms with Gasteiger partial charge in [-0.2, -0.15) is 4.98 Å². The average Bonchev–Trinajstić information content (AvgIpc) is 2.41. The monoisotopic (exact) mass is 263 g/mol. The topological polar surface area (TPSA) is 69.4 Å². The molecule has 0 amide bonds. The first kappa shape index (κ1) is 12.9. The third-order valence-corrected chi connectivity index (χ3v) is 2.52. The summed E-state index contributed by atoms with van der Waals surface area (Å²) in [7, 11) is 2.92. The Morgan fingerprint density at radius 2 is 1.95 bits per heavy atom. The molecule has 0 saturated carbocycles. The summed E-state index contributed by atoms with van der Waals surface area (Å²) in [4.78, 5) is 4.15. The molecule has 2 rings (SSSR count). The van der Waals surface area contributed by atoms with Gasteiger partial charge in [0.2, 0.25) is 5.88 Å². The Hall–Kier alpha value is -2.50. The van der Waals surface area contributed by atoms with E-state index in [2.05, 4.69) is 10.3 Å². The predicted molar refractivity (Wildman–Crippen MR) is 71.4 cm³/mol. The minimum atomic E-state index is -0.464. The molecular formula is C13H14FN3O2. The fraction of sp³-hybridized carbons (Fsp3) is 0.154. The Morgan fingerprint density at radius 1 is 1.16 bits per heavy atom. The maximum absolute atomic E-state index is 13.6. The molecule has 0 radical (unpaired) electrons. The van der Waals surface area contributed by atoms with E-state index in [4.69, 9.17) is 15.2 Å². The normalized spacial score (nSPS) is 10.1. The molecule has 1 heterocycles. The second-order valence-corrected chi connectivity index (χ2v) is 3.77. The van der Waals surface area contributed by atoms with E-state index in [1.54, 1.807) is 18.2 Å². The number of pyridine rings is 1. The van der Waals surface area contributed by atoms with Crippen molar-refractivity contribution in [1.82, 2.24) is 4.98 Å². The molecule has 5 nitrogen and oxygen atoms in total. The number of benzene rings is 1. The lowest BCUT2D eigenvalue weighted by Crippen LogP contribution is -2.01. The van der Waals surface area contributed by atoms with Gasteiger partial charge in [0.05, 0.1) is 19.9 Å². The first-order valence-electron chi connectivity index (χ1n) is 5.55. The Balaban J connectivity index is 2.28. The van der Waals surface area contributed by atoms with Gasteiger partial charge in [0, 0.05) is 17.8 Å². The molecule has 0 spiro atoms. The molecule has 0 aliphatic rings. The first-order valence-corrected chi connectivity index (χ1v) is 5.55. The van der Waals surface area contributed by atoms with Gasteiger partial charge in [0.25, 0.3) is 0 Å². The maximum atomic E-state index is 13.6. The Kier molecular flexibility index (Phi) is 3.70. The lowest BCUT2D eigenvalue weighted by Gasteiger charge is -2.10. The van der Waals surface area contributed by atoms with Crippen LogP contribution in [0, 0.1) is 5.82 Å². The van der Waals surface area contributed by atoms with E-state index in [9.17, 15) is 4.39 Å². The van der Waals surface area contributed by atoms with Crippen LogP contribution in [0.2, 0.25) is 0 Å². The van der Waals surface area contributed by atoms with E-state index in [0.717, 1.165) is 0 Å². The molecule has 1 aromatic heterocycles. The lowest BCUT2D eigenvalue weighted by atomic mass is 10.2. The van der Waals surface area contributed by atoms with Crippen LogP contribution >= 0.6 is 0 Å². The summed E-state index contributed by atoms with van der Waals surface area (Å²) in [5.74, 6) is 0.542. The van der Waals surface area contributed by atoms with Gasteiger partial charge >= 0.3 is 0 Å². The van der Waals surface area contributed by atoms with E-state index < -0.39 is 5.82 Å². The van der Waals surface area contributed by atoms with Gasteiger partial charge in [-0.3, -0.25) is 0 Å². The van der Waals surface area contributed by atoms with Crippen LogP contribution in [0.25, 0.3) is 0 Å². The van der Waals surface area contributed by atoms with Crippen molar-refractivity contribution in [3.63, 3.8) is 0 Å². The number of nitrogens with two attached hydrogens (primary N) is 1. The molecule has 0 aliphatic heterocycles. The fourth-order valence-electron chi connectivity index (χ4n) is 1.55. The quantitative estimate of drug-likeness (QED) is 0.887. The number of ether oxygens (including phenoxy) is 2. The number of nitrogens with zero attached hydrogens (tertiary/aromatic N) is 1. The highest BCUT2D eigenvalue weighted by Gasteiger charge is 2.07. The van der Waals surface area contributed by atoms with Crippen molar-refractivity contribution in [2.24, 2.45) is 0 Å². The number of hydrogen-bond donors (Lipinski definition) is 2. The molecule has 0 fully saturated rings. The summed E-state index contributed by atoms with van der Waals surface area (Å²) >= 11 is 0. The minimum Gasteiger partial charge on any atom is -0.494 e. The third kappa shape index (κ3) is 2.85. The summed E-state index contributed by atoms with van der Waals surface area (Å²) in [6.45, 7) is 0. The number of hydrogen-bond acceptors (Lipinski definition) is 5. The number of nitrogens with one attached hydrogen (secondary N) is 1. The van der Waals surface area contributed by atoms with Crippen molar-refractivity contribution >= 4 is 17.2 Å². The molecule has 19 heavy (non-hydrogen) atoms. The molecule has 0 aliphatic carbocycles. The second kappa shape index (κ2) is 5.43. The molecule has 2 aromatic rings. The molecule has 100 valence electrons. The molecule has 0 atom stereocenters. The Morgan fingerprint density at radius 3 is 2.58 bits per heavy atom. The van der Waals surface area contributed by atoms with E-state index in [1.807, 2.05) is 0 Å². The molecular weight excluding hydrogens is 249 g/mol. The number of nitrogen functional groups attached to an aromatic ring is 1. The van der Waals surface area contributed by atoms with Crippen LogP contribution in [0.5, 0.6) is 11.6 Å². The molecule has 1 aromatic carbocycles. The molecule has 0 unspecified atom stereocenters. The van der Waals surface area contributed by atoms with Gasteiger partial charge in [-0.1, -0.05) is 0 Å². The van der Waals surface area contributed by atoms with Crippen LogP contribution in [0.15, 0.2) is 30.3 Å². The summed E-state index contributed by atoms with van der Waals surface area (Å²) in [6.07, 6.45) is 0. The van der Waals surface area contributed by atoms with E-state index in [1.165, 1.54) is 26.4 Å². The van der Waals surface area contributed by atoms with E-state index in [0.29, 0.717) is 23.1 Å². The van der Waals surface area contributed by atoms with Crippen LogP contribution < -0.4 is 20.5 Å². The standard InChI is InChI=1S/C13H14FN3O2/c1-18-11-5-3-8(7-9(11)14)16-13-10(15)4-6-12(17-13)19-2/h3-7H,15H2,1-2H3,(H,16,17). The van der Waals surface area contributed by atoms with Crippen molar-refractivity contribution in [2.45, 2.75) is 0 Å². The molecule has 0 saturated heterocycles. The zero-order chi connectivity index (χ0) is 13.8. The number of aromatic nitrogens is 1. The van der Waals surface area contributed by atoms with Gasteiger partial charge in [-0.05, 0) is 18.2 Å². The fourth-order valence-corrected chi connectivity index (χ4v) is 1.55. The van der Waals surface area contributed by atoms with Crippen molar-refractivity contribution in [1.29, 1.82) is 0 Å². The van der Waals surface area contributed by atoms with E-state index in [-0.39, 0.29) is 5.75 Å². The summed E-state index contributed by atoms with van der Waals surface area (Å²) in [6, 6.07) is 7.80. The van der Waals surface area contributed by atoms with Crippen LogP contribution in [0.1, 0.15) is 0 Å². The largest absolute Gasteiger partial charge is 0.494 e. The molecule has 3 N–H and O–H groups in total. The smallest absolute Gasteiger partial charge is 0.215 e. The van der Waals surface area contributed by atoms with Gasteiger partial charge in [-0.25, -0.2) is 4.39 Å². The maximum Gasteiger partial charge on any atom is 0.215 e. The zero-order valence-corrected chi connectivity index (χ0v) is 10.6. The number of rotatable bonds is 4. The van der Waals surface area contributed by atoms with Crippen molar-refractivity contribution < 1.29 is 13.9 Å². The molecule has 6 heteroatoms.